The minimum absolute atomic E-state index is 0.0210. The van der Waals surface area contributed by atoms with Gasteiger partial charge in [-0.1, -0.05) is 25.4 Å². The quantitative estimate of drug-likeness (QED) is 0.756. The monoisotopic (exact) mass is 311 g/mol. The molecule has 0 aliphatic carbocycles. The second-order valence-electron chi connectivity index (χ2n) is 5.86. The Labute approximate surface area is 132 Å². The molecule has 0 saturated carbocycles. The van der Waals surface area contributed by atoms with E-state index in [0.29, 0.717) is 34.8 Å². The van der Waals surface area contributed by atoms with Crippen LogP contribution in [-0.4, -0.2) is 30.4 Å². The SMILES string of the molecule is CC(C)C(C)N(C)CCCC(=O)Nc1ccc(N)cc1Cl. The Morgan fingerprint density at radius 2 is 2.05 bits per heavy atom. The summed E-state index contributed by atoms with van der Waals surface area (Å²) in [6.45, 7) is 7.52. The standard InChI is InChI=1S/C16H26ClN3O/c1-11(2)12(3)20(4)9-5-6-16(21)19-15-8-7-13(18)10-14(15)17/h7-8,10-12H,5-6,9,18H2,1-4H3,(H,19,21). The predicted molar refractivity (Wildman–Crippen MR) is 90.7 cm³/mol. The first-order valence-corrected chi connectivity index (χ1v) is 7.74. The zero-order valence-electron chi connectivity index (χ0n) is 13.3. The van der Waals surface area contributed by atoms with Crippen molar-refractivity contribution in [3.63, 3.8) is 0 Å². The van der Waals surface area contributed by atoms with Crippen molar-refractivity contribution < 1.29 is 4.79 Å². The summed E-state index contributed by atoms with van der Waals surface area (Å²) < 4.78 is 0. The summed E-state index contributed by atoms with van der Waals surface area (Å²) in [5, 5.41) is 3.28. The van der Waals surface area contributed by atoms with Crippen molar-refractivity contribution in [1.29, 1.82) is 0 Å². The van der Waals surface area contributed by atoms with Crippen LogP contribution in [0.5, 0.6) is 0 Å². The maximum atomic E-state index is 11.9. The predicted octanol–water partition coefficient (Wildman–Crippen LogP) is 3.62. The van der Waals surface area contributed by atoms with Crippen LogP contribution in [0.15, 0.2) is 18.2 Å². The molecule has 118 valence electrons. The number of anilines is 2. The van der Waals surface area contributed by atoms with E-state index in [2.05, 4.69) is 38.0 Å². The molecular formula is C16H26ClN3O. The third kappa shape index (κ3) is 5.94. The van der Waals surface area contributed by atoms with Crippen molar-refractivity contribution in [2.75, 3.05) is 24.6 Å². The van der Waals surface area contributed by atoms with Crippen LogP contribution in [0.3, 0.4) is 0 Å². The van der Waals surface area contributed by atoms with E-state index in [0.717, 1.165) is 13.0 Å². The Morgan fingerprint density at radius 3 is 2.62 bits per heavy atom. The topological polar surface area (TPSA) is 58.4 Å². The van der Waals surface area contributed by atoms with Crippen LogP contribution in [-0.2, 0) is 4.79 Å². The molecule has 0 bridgehead atoms. The van der Waals surface area contributed by atoms with E-state index >= 15 is 0 Å². The number of hydrogen-bond acceptors (Lipinski definition) is 3. The molecule has 0 radical (unpaired) electrons. The molecular weight excluding hydrogens is 286 g/mol. The Kier molecular flexibility index (Phi) is 6.99. The molecule has 0 fully saturated rings. The van der Waals surface area contributed by atoms with Gasteiger partial charge in [0, 0.05) is 18.2 Å². The zero-order valence-corrected chi connectivity index (χ0v) is 14.1. The molecule has 1 rings (SSSR count). The first-order valence-electron chi connectivity index (χ1n) is 7.36. The smallest absolute Gasteiger partial charge is 0.224 e. The van der Waals surface area contributed by atoms with Gasteiger partial charge in [-0.2, -0.15) is 0 Å². The Bertz CT molecular complexity index is 477. The molecule has 1 amide bonds. The van der Waals surface area contributed by atoms with Gasteiger partial charge in [0.05, 0.1) is 10.7 Å². The maximum absolute atomic E-state index is 11.9. The van der Waals surface area contributed by atoms with Crippen molar-refractivity contribution in [2.24, 2.45) is 5.92 Å². The van der Waals surface area contributed by atoms with E-state index in [9.17, 15) is 4.79 Å². The van der Waals surface area contributed by atoms with E-state index in [1.165, 1.54) is 0 Å². The maximum Gasteiger partial charge on any atom is 0.224 e. The van der Waals surface area contributed by atoms with Gasteiger partial charge < -0.3 is 16.0 Å². The summed E-state index contributed by atoms with van der Waals surface area (Å²) in [6, 6.07) is 5.59. The second kappa shape index (κ2) is 8.25. The molecule has 0 heterocycles. The van der Waals surface area contributed by atoms with Gasteiger partial charge in [-0.15, -0.1) is 0 Å². The lowest BCUT2D eigenvalue weighted by molar-refractivity contribution is -0.116. The first kappa shape index (κ1) is 17.8. The highest BCUT2D eigenvalue weighted by atomic mass is 35.5. The van der Waals surface area contributed by atoms with Crippen molar-refractivity contribution in [1.82, 2.24) is 4.90 Å². The summed E-state index contributed by atoms with van der Waals surface area (Å²) >= 11 is 6.03. The molecule has 3 N–H and O–H groups in total. The fraction of sp³-hybridized carbons (Fsp3) is 0.562. The van der Waals surface area contributed by atoms with E-state index in [1.54, 1.807) is 18.2 Å². The van der Waals surface area contributed by atoms with E-state index in [-0.39, 0.29) is 5.91 Å². The zero-order chi connectivity index (χ0) is 16.0. The Hall–Kier alpha value is -1.26. The van der Waals surface area contributed by atoms with Gasteiger partial charge in [0.25, 0.3) is 0 Å². The van der Waals surface area contributed by atoms with Crippen LogP contribution in [0.1, 0.15) is 33.6 Å². The van der Waals surface area contributed by atoms with E-state index < -0.39 is 0 Å². The summed E-state index contributed by atoms with van der Waals surface area (Å²) in [5.41, 5.74) is 6.82. The molecule has 21 heavy (non-hydrogen) atoms. The number of hydrogen-bond donors (Lipinski definition) is 2. The highest BCUT2D eigenvalue weighted by Crippen LogP contribution is 2.24. The van der Waals surface area contributed by atoms with Gasteiger partial charge in [0.1, 0.15) is 0 Å². The van der Waals surface area contributed by atoms with Gasteiger partial charge >= 0.3 is 0 Å². The number of benzene rings is 1. The van der Waals surface area contributed by atoms with Crippen LogP contribution in [0.4, 0.5) is 11.4 Å². The Balaban J connectivity index is 2.38. The normalized spacial score (nSPS) is 12.7. The number of nitrogens with zero attached hydrogens (tertiary/aromatic N) is 1. The second-order valence-corrected chi connectivity index (χ2v) is 6.26. The highest BCUT2D eigenvalue weighted by molar-refractivity contribution is 6.34. The van der Waals surface area contributed by atoms with Gasteiger partial charge in [-0.3, -0.25) is 4.79 Å². The molecule has 0 saturated heterocycles. The number of carbonyl (C=O) groups is 1. The van der Waals surface area contributed by atoms with Crippen molar-refractivity contribution >= 4 is 28.9 Å². The lowest BCUT2D eigenvalue weighted by Gasteiger charge is -2.27. The number of nitrogens with one attached hydrogen (secondary N) is 1. The summed E-state index contributed by atoms with van der Waals surface area (Å²) in [4.78, 5) is 14.2. The molecule has 4 nitrogen and oxygen atoms in total. The lowest BCUT2D eigenvalue weighted by atomic mass is 10.1. The van der Waals surface area contributed by atoms with E-state index in [1.807, 2.05) is 0 Å². The fourth-order valence-corrected chi connectivity index (χ4v) is 2.28. The summed E-state index contributed by atoms with van der Waals surface area (Å²) in [5.74, 6) is 0.588. The molecule has 1 unspecified atom stereocenters. The minimum Gasteiger partial charge on any atom is -0.399 e. The summed E-state index contributed by atoms with van der Waals surface area (Å²) in [7, 11) is 2.10. The van der Waals surface area contributed by atoms with Crippen molar-refractivity contribution in [2.45, 2.75) is 39.7 Å². The molecule has 0 spiro atoms. The molecule has 5 heteroatoms. The van der Waals surface area contributed by atoms with Crippen LogP contribution in [0, 0.1) is 5.92 Å². The Morgan fingerprint density at radius 1 is 1.38 bits per heavy atom. The van der Waals surface area contributed by atoms with Crippen LogP contribution < -0.4 is 11.1 Å². The molecule has 0 aromatic heterocycles. The van der Waals surface area contributed by atoms with Crippen LogP contribution in [0.2, 0.25) is 5.02 Å². The average molecular weight is 312 g/mol. The number of amides is 1. The third-order valence-electron chi connectivity index (χ3n) is 3.84. The lowest BCUT2D eigenvalue weighted by Crippen LogP contribution is -2.34. The first-order chi connectivity index (χ1) is 9.81. The number of halogens is 1. The van der Waals surface area contributed by atoms with Gasteiger partial charge in [-0.05, 0) is 51.1 Å². The average Bonchev–Trinajstić information content (AvgIpc) is 2.40. The fourth-order valence-electron chi connectivity index (χ4n) is 2.05. The largest absolute Gasteiger partial charge is 0.399 e. The highest BCUT2D eigenvalue weighted by Gasteiger charge is 2.13. The number of nitrogen functional groups attached to an aromatic ring is 1. The number of nitrogens with two attached hydrogens (primary N) is 1. The van der Waals surface area contributed by atoms with Crippen molar-refractivity contribution in [3.05, 3.63) is 23.2 Å². The van der Waals surface area contributed by atoms with Crippen molar-refractivity contribution in [3.8, 4) is 0 Å². The van der Waals surface area contributed by atoms with Gasteiger partial charge in [0.2, 0.25) is 5.91 Å². The third-order valence-corrected chi connectivity index (χ3v) is 4.15. The van der Waals surface area contributed by atoms with Crippen LogP contribution in [0.25, 0.3) is 0 Å². The minimum atomic E-state index is -0.0210. The van der Waals surface area contributed by atoms with E-state index in [4.69, 9.17) is 17.3 Å². The molecule has 1 aromatic rings. The van der Waals surface area contributed by atoms with Crippen LogP contribution >= 0.6 is 11.6 Å². The molecule has 0 aliphatic heterocycles. The number of carbonyl (C=O) groups excluding carboxylic acids is 1. The van der Waals surface area contributed by atoms with Gasteiger partial charge in [-0.25, -0.2) is 0 Å². The summed E-state index contributed by atoms with van der Waals surface area (Å²) in [6.07, 6.45) is 1.31. The molecule has 1 atom stereocenters. The molecule has 1 aromatic carbocycles. The molecule has 0 aliphatic rings. The number of rotatable bonds is 7. The van der Waals surface area contributed by atoms with Gasteiger partial charge in [0.15, 0.2) is 0 Å².